The molecule has 1 saturated heterocycles. The maximum absolute atomic E-state index is 11.6. The number of nitrogen functional groups attached to an aromatic ring is 1. The summed E-state index contributed by atoms with van der Waals surface area (Å²) in [5.74, 6) is 0.232. The number of hydrogen-bond acceptors (Lipinski definition) is 6. The number of nitrogens with two attached hydrogens (primary N) is 2. The molecule has 1 aromatic carbocycles. The van der Waals surface area contributed by atoms with Crippen molar-refractivity contribution < 1.29 is 16.8 Å². The first-order valence-corrected chi connectivity index (χ1v) is 9.85. The Hall–Kier alpha value is -1.32. The highest BCUT2D eigenvalue weighted by Crippen LogP contribution is 2.28. The van der Waals surface area contributed by atoms with Crippen LogP contribution in [0.3, 0.4) is 0 Å². The summed E-state index contributed by atoms with van der Waals surface area (Å²) in [5.41, 5.74) is 6.90. The molecule has 5 N–H and O–H groups in total. The molecule has 7 nitrogen and oxygen atoms in total. The number of rotatable bonds is 3. The van der Waals surface area contributed by atoms with Gasteiger partial charge >= 0.3 is 0 Å². The van der Waals surface area contributed by atoms with Gasteiger partial charge in [0, 0.05) is 17.4 Å². The van der Waals surface area contributed by atoms with E-state index < -0.39 is 19.9 Å². The first-order chi connectivity index (χ1) is 9.58. The van der Waals surface area contributed by atoms with E-state index in [0.717, 1.165) is 0 Å². The Bertz CT molecular complexity index is 757. The first kappa shape index (κ1) is 16.1. The highest BCUT2D eigenvalue weighted by Gasteiger charge is 2.25. The van der Waals surface area contributed by atoms with E-state index in [-0.39, 0.29) is 28.1 Å². The second-order valence-electron chi connectivity index (χ2n) is 5.33. The average Bonchev–Trinajstić information content (AvgIpc) is 2.30. The van der Waals surface area contributed by atoms with Crippen molar-refractivity contribution in [1.82, 2.24) is 0 Å². The van der Waals surface area contributed by atoms with Crippen LogP contribution < -0.4 is 16.2 Å². The Kier molecular flexibility index (Phi) is 4.18. The van der Waals surface area contributed by atoms with E-state index in [2.05, 4.69) is 5.32 Å². The predicted molar refractivity (Wildman–Crippen MR) is 82.3 cm³/mol. The minimum absolute atomic E-state index is 0.0337. The van der Waals surface area contributed by atoms with E-state index >= 15 is 0 Å². The van der Waals surface area contributed by atoms with Gasteiger partial charge in [0.05, 0.1) is 16.4 Å². The van der Waals surface area contributed by atoms with Crippen molar-refractivity contribution in [2.24, 2.45) is 5.14 Å². The smallest absolute Gasteiger partial charge is 0.238 e. The maximum Gasteiger partial charge on any atom is 0.238 e. The van der Waals surface area contributed by atoms with E-state index in [4.69, 9.17) is 10.9 Å². The van der Waals surface area contributed by atoms with Gasteiger partial charge in [0.2, 0.25) is 10.0 Å². The van der Waals surface area contributed by atoms with Crippen LogP contribution in [0.15, 0.2) is 17.0 Å². The molecule has 1 heterocycles. The van der Waals surface area contributed by atoms with Crippen LogP contribution in [0.5, 0.6) is 0 Å². The largest absolute Gasteiger partial charge is 0.399 e. The van der Waals surface area contributed by atoms with Crippen LogP contribution in [0.2, 0.25) is 0 Å². The summed E-state index contributed by atoms with van der Waals surface area (Å²) in [5, 5.41) is 8.24. The van der Waals surface area contributed by atoms with Gasteiger partial charge in [-0.05, 0) is 37.5 Å². The third-order valence-corrected chi connectivity index (χ3v) is 6.37. The minimum Gasteiger partial charge on any atom is -0.399 e. The molecule has 1 aliphatic heterocycles. The summed E-state index contributed by atoms with van der Waals surface area (Å²) in [6.07, 6.45) is 1.29. The summed E-state index contributed by atoms with van der Waals surface area (Å²) >= 11 is 0. The van der Waals surface area contributed by atoms with E-state index in [1.807, 2.05) is 0 Å². The minimum atomic E-state index is -3.88. The zero-order valence-electron chi connectivity index (χ0n) is 11.7. The third-order valence-electron chi connectivity index (χ3n) is 3.51. The molecule has 9 heteroatoms. The fourth-order valence-corrected chi connectivity index (χ4v) is 4.98. The Balaban J connectivity index is 2.35. The van der Waals surface area contributed by atoms with Crippen molar-refractivity contribution in [3.8, 4) is 0 Å². The molecule has 0 spiro atoms. The number of nitrogens with one attached hydrogen (secondary N) is 1. The molecule has 21 heavy (non-hydrogen) atoms. The molecular formula is C12H19N3O4S2. The summed E-state index contributed by atoms with van der Waals surface area (Å²) in [7, 11) is -6.93. The standard InChI is InChI=1S/C12H19N3O4S2/c1-8-11(5-9(13)6-12(8)21(14,18)19)15-10-3-2-4-20(16,17)7-10/h5-6,10,15H,2-4,7,13H2,1H3,(H2,14,18,19). The van der Waals surface area contributed by atoms with E-state index in [1.165, 1.54) is 6.07 Å². The Morgan fingerprint density at radius 3 is 2.57 bits per heavy atom. The molecule has 0 amide bonds. The van der Waals surface area contributed by atoms with Crippen LogP contribution in [0, 0.1) is 6.92 Å². The number of sulfonamides is 1. The van der Waals surface area contributed by atoms with E-state index in [0.29, 0.717) is 24.1 Å². The second kappa shape index (κ2) is 5.47. The molecule has 0 aromatic heterocycles. The molecule has 0 aliphatic carbocycles. The Morgan fingerprint density at radius 1 is 1.33 bits per heavy atom. The third kappa shape index (κ3) is 3.86. The van der Waals surface area contributed by atoms with Crippen LogP contribution >= 0.6 is 0 Å². The summed E-state index contributed by atoms with van der Waals surface area (Å²) < 4.78 is 46.4. The molecule has 0 bridgehead atoms. The second-order valence-corrected chi connectivity index (χ2v) is 9.09. The molecule has 1 aromatic rings. The van der Waals surface area contributed by atoms with E-state index in [1.54, 1.807) is 13.0 Å². The van der Waals surface area contributed by atoms with Crippen LogP contribution in [0.25, 0.3) is 0 Å². The van der Waals surface area contributed by atoms with Crippen LogP contribution in [-0.4, -0.2) is 34.4 Å². The van der Waals surface area contributed by atoms with Crippen LogP contribution in [-0.2, 0) is 19.9 Å². The van der Waals surface area contributed by atoms with Gasteiger partial charge in [0.1, 0.15) is 0 Å². The molecule has 1 aliphatic rings. The summed E-state index contributed by atoms with van der Waals surface area (Å²) in [6.45, 7) is 1.61. The lowest BCUT2D eigenvalue weighted by atomic mass is 10.1. The van der Waals surface area contributed by atoms with Gasteiger partial charge in [0.15, 0.2) is 9.84 Å². The zero-order chi connectivity index (χ0) is 15.8. The number of benzene rings is 1. The van der Waals surface area contributed by atoms with Crippen molar-refractivity contribution in [3.05, 3.63) is 17.7 Å². The Labute approximate surface area is 124 Å². The monoisotopic (exact) mass is 333 g/mol. The lowest BCUT2D eigenvalue weighted by molar-refractivity contribution is 0.561. The normalized spacial score (nSPS) is 21.9. The Morgan fingerprint density at radius 2 is 2.00 bits per heavy atom. The SMILES string of the molecule is Cc1c(NC2CCCS(=O)(=O)C2)cc(N)cc1S(N)(=O)=O. The molecule has 2 rings (SSSR count). The van der Waals surface area contributed by atoms with Gasteiger partial charge in [-0.25, -0.2) is 22.0 Å². The molecule has 1 atom stereocenters. The molecule has 0 saturated carbocycles. The van der Waals surface area contributed by atoms with Gasteiger partial charge in [0.25, 0.3) is 0 Å². The number of hydrogen-bond donors (Lipinski definition) is 3. The van der Waals surface area contributed by atoms with Gasteiger partial charge in [-0.1, -0.05) is 0 Å². The van der Waals surface area contributed by atoms with Gasteiger partial charge < -0.3 is 11.1 Å². The molecule has 0 radical (unpaired) electrons. The predicted octanol–water partition coefficient (Wildman–Crippen LogP) is 0.214. The first-order valence-electron chi connectivity index (χ1n) is 6.48. The van der Waals surface area contributed by atoms with Crippen molar-refractivity contribution >= 4 is 31.2 Å². The number of anilines is 2. The molecule has 1 fully saturated rings. The average molecular weight is 333 g/mol. The van der Waals surface area contributed by atoms with Crippen molar-refractivity contribution in [2.75, 3.05) is 22.6 Å². The number of primary sulfonamides is 1. The van der Waals surface area contributed by atoms with Gasteiger partial charge in [-0.2, -0.15) is 0 Å². The summed E-state index contributed by atoms with van der Waals surface area (Å²) in [4.78, 5) is -0.0522. The summed E-state index contributed by atoms with van der Waals surface area (Å²) in [6, 6.07) is 2.64. The van der Waals surface area contributed by atoms with Gasteiger partial charge in [-0.3, -0.25) is 0 Å². The van der Waals surface area contributed by atoms with Crippen LogP contribution in [0.1, 0.15) is 18.4 Å². The lowest BCUT2D eigenvalue weighted by Gasteiger charge is -2.25. The van der Waals surface area contributed by atoms with Crippen molar-refractivity contribution in [3.63, 3.8) is 0 Å². The maximum atomic E-state index is 11.6. The van der Waals surface area contributed by atoms with Gasteiger partial charge in [-0.15, -0.1) is 0 Å². The van der Waals surface area contributed by atoms with Crippen LogP contribution in [0.4, 0.5) is 11.4 Å². The molecule has 1 unspecified atom stereocenters. The highest BCUT2D eigenvalue weighted by atomic mass is 32.2. The highest BCUT2D eigenvalue weighted by molar-refractivity contribution is 7.91. The van der Waals surface area contributed by atoms with E-state index in [9.17, 15) is 16.8 Å². The number of sulfone groups is 1. The molecule has 118 valence electrons. The van der Waals surface area contributed by atoms with Crippen molar-refractivity contribution in [1.29, 1.82) is 0 Å². The van der Waals surface area contributed by atoms with Crippen molar-refractivity contribution in [2.45, 2.75) is 30.7 Å². The molecular weight excluding hydrogens is 314 g/mol. The topological polar surface area (TPSA) is 132 Å². The fraction of sp³-hybridized carbons (Fsp3) is 0.500. The zero-order valence-corrected chi connectivity index (χ0v) is 13.3. The quantitative estimate of drug-likeness (QED) is 0.678. The lowest BCUT2D eigenvalue weighted by Crippen LogP contribution is -2.35. The fourth-order valence-electron chi connectivity index (χ4n) is 2.51.